The van der Waals surface area contributed by atoms with Gasteiger partial charge < -0.3 is 10.7 Å². The molecule has 0 aromatic carbocycles. The number of rotatable bonds is 3. The monoisotopic (exact) mass is 225 g/mol. The van der Waals surface area contributed by atoms with E-state index in [1.807, 2.05) is 11.8 Å². The second-order valence-electron chi connectivity index (χ2n) is 4.56. The maximum absolute atomic E-state index is 5.57. The molecule has 2 heterocycles. The van der Waals surface area contributed by atoms with E-state index in [0.717, 1.165) is 17.9 Å². The molecule has 1 fully saturated rings. The number of nitrogens with one attached hydrogen (secondary N) is 1. The maximum Gasteiger partial charge on any atom is 0.113 e. The van der Waals surface area contributed by atoms with Crippen molar-refractivity contribution in [2.45, 2.75) is 32.1 Å². The van der Waals surface area contributed by atoms with Crippen LogP contribution < -0.4 is 5.73 Å². The largest absolute Gasteiger partial charge is 0.345 e. The summed E-state index contributed by atoms with van der Waals surface area (Å²) in [6, 6.07) is 0. The first-order valence-electron chi connectivity index (χ1n) is 5.49. The summed E-state index contributed by atoms with van der Waals surface area (Å²) < 4.78 is 0. The van der Waals surface area contributed by atoms with Crippen molar-refractivity contribution in [2.75, 3.05) is 18.1 Å². The fraction of sp³-hybridized carbons (Fsp3) is 0.727. The Morgan fingerprint density at radius 2 is 2.40 bits per heavy atom. The third-order valence-corrected chi connectivity index (χ3v) is 4.49. The molecule has 0 saturated carbocycles. The Labute approximate surface area is 95.2 Å². The summed E-state index contributed by atoms with van der Waals surface area (Å²) in [5.74, 6) is 3.60. The standard InChI is InChI=1S/C11H19N3S/c1-8-9(3-5-12)14-10(13-8)11(2)4-6-15-7-11/h3-7,12H2,1-2H3,(H,13,14). The van der Waals surface area contributed by atoms with Gasteiger partial charge in [-0.2, -0.15) is 11.8 Å². The zero-order valence-corrected chi connectivity index (χ0v) is 10.3. The molecule has 4 heteroatoms. The van der Waals surface area contributed by atoms with Crippen molar-refractivity contribution in [1.29, 1.82) is 0 Å². The van der Waals surface area contributed by atoms with Crippen molar-refractivity contribution < 1.29 is 0 Å². The van der Waals surface area contributed by atoms with Crippen LogP contribution in [-0.4, -0.2) is 28.0 Å². The van der Waals surface area contributed by atoms with Crippen molar-refractivity contribution in [2.24, 2.45) is 5.73 Å². The van der Waals surface area contributed by atoms with E-state index in [1.54, 1.807) is 0 Å². The molecule has 1 aromatic rings. The third-order valence-electron chi connectivity index (χ3n) is 3.16. The predicted octanol–water partition coefficient (Wildman–Crippen LogP) is 1.61. The zero-order valence-electron chi connectivity index (χ0n) is 9.47. The molecule has 0 radical (unpaired) electrons. The Morgan fingerprint density at radius 1 is 1.60 bits per heavy atom. The molecule has 84 valence electrons. The first-order chi connectivity index (χ1) is 7.15. The summed E-state index contributed by atoms with van der Waals surface area (Å²) in [5, 5.41) is 0. The van der Waals surface area contributed by atoms with E-state index in [1.165, 1.54) is 23.6 Å². The van der Waals surface area contributed by atoms with Gasteiger partial charge in [0.25, 0.3) is 0 Å². The van der Waals surface area contributed by atoms with Gasteiger partial charge in [-0.1, -0.05) is 6.92 Å². The molecule has 15 heavy (non-hydrogen) atoms. The summed E-state index contributed by atoms with van der Waals surface area (Å²) >= 11 is 2.02. The number of aromatic amines is 1. The number of nitrogens with zero attached hydrogens (tertiary/aromatic N) is 1. The molecule has 0 amide bonds. The average molecular weight is 225 g/mol. The predicted molar refractivity (Wildman–Crippen MR) is 65.4 cm³/mol. The van der Waals surface area contributed by atoms with Gasteiger partial charge in [-0.05, 0) is 25.6 Å². The van der Waals surface area contributed by atoms with E-state index in [9.17, 15) is 0 Å². The van der Waals surface area contributed by atoms with E-state index in [4.69, 9.17) is 10.7 Å². The van der Waals surface area contributed by atoms with Gasteiger partial charge in [0.05, 0.1) is 5.69 Å². The minimum absolute atomic E-state index is 0.252. The number of imidazole rings is 1. The molecule has 1 unspecified atom stereocenters. The molecular weight excluding hydrogens is 206 g/mol. The average Bonchev–Trinajstić information content (AvgIpc) is 2.76. The highest BCUT2D eigenvalue weighted by atomic mass is 32.2. The first kappa shape index (κ1) is 11.0. The SMILES string of the molecule is Cc1[nH]c(C2(C)CCSC2)nc1CCN. The Bertz CT molecular complexity index is 340. The maximum atomic E-state index is 5.57. The van der Waals surface area contributed by atoms with Crippen LogP contribution in [0.5, 0.6) is 0 Å². The smallest absolute Gasteiger partial charge is 0.113 e. The lowest BCUT2D eigenvalue weighted by Crippen LogP contribution is -2.22. The number of aryl methyl sites for hydroxylation is 1. The van der Waals surface area contributed by atoms with Gasteiger partial charge >= 0.3 is 0 Å². The van der Waals surface area contributed by atoms with Gasteiger partial charge in [0.2, 0.25) is 0 Å². The van der Waals surface area contributed by atoms with Crippen molar-refractivity contribution >= 4 is 11.8 Å². The number of thioether (sulfide) groups is 1. The van der Waals surface area contributed by atoms with E-state index < -0.39 is 0 Å². The molecule has 1 saturated heterocycles. The lowest BCUT2D eigenvalue weighted by molar-refractivity contribution is 0.508. The van der Waals surface area contributed by atoms with Gasteiger partial charge in [-0.3, -0.25) is 0 Å². The highest BCUT2D eigenvalue weighted by Crippen LogP contribution is 2.37. The minimum Gasteiger partial charge on any atom is -0.345 e. The molecule has 2 rings (SSSR count). The van der Waals surface area contributed by atoms with Crippen molar-refractivity contribution in [3.05, 3.63) is 17.2 Å². The van der Waals surface area contributed by atoms with E-state index in [0.29, 0.717) is 6.54 Å². The van der Waals surface area contributed by atoms with Gasteiger partial charge in [0.15, 0.2) is 0 Å². The fourth-order valence-corrected chi connectivity index (χ4v) is 3.49. The van der Waals surface area contributed by atoms with Gasteiger partial charge in [-0.25, -0.2) is 4.98 Å². The van der Waals surface area contributed by atoms with E-state index in [2.05, 4.69) is 18.8 Å². The van der Waals surface area contributed by atoms with Crippen LogP contribution in [0, 0.1) is 6.92 Å². The molecule has 1 aliphatic rings. The van der Waals surface area contributed by atoms with Crippen LogP contribution >= 0.6 is 11.8 Å². The van der Waals surface area contributed by atoms with Gasteiger partial charge in [-0.15, -0.1) is 0 Å². The van der Waals surface area contributed by atoms with Crippen LogP contribution in [0.25, 0.3) is 0 Å². The second-order valence-corrected chi connectivity index (χ2v) is 5.66. The number of hydrogen-bond acceptors (Lipinski definition) is 3. The number of H-pyrrole nitrogens is 1. The minimum atomic E-state index is 0.252. The van der Waals surface area contributed by atoms with E-state index in [-0.39, 0.29) is 5.41 Å². The lowest BCUT2D eigenvalue weighted by Gasteiger charge is -2.19. The molecule has 1 aromatic heterocycles. The molecule has 0 bridgehead atoms. The van der Waals surface area contributed by atoms with Crippen LogP contribution in [0.1, 0.15) is 30.6 Å². The lowest BCUT2D eigenvalue weighted by atomic mass is 9.89. The third kappa shape index (κ3) is 2.06. The Hall–Kier alpha value is -0.480. The highest BCUT2D eigenvalue weighted by molar-refractivity contribution is 7.99. The fourth-order valence-electron chi connectivity index (χ4n) is 2.02. The number of nitrogens with two attached hydrogens (primary N) is 1. The first-order valence-corrected chi connectivity index (χ1v) is 6.65. The van der Waals surface area contributed by atoms with Crippen LogP contribution in [0.2, 0.25) is 0 Å². The second kappa shape index (κ2) is 4.18. The van der Waals surface area contributed by atoms with Crippen molar-refractivity contribution in [3.63, 3.8) is 0 Å². The molecular formula is C11H19N3S. The summed E-state index contributed by atoms with van der Waals surface area (Å²) in [4.78, 5) is 8.14. The summed E-state index contributed by atoms with van der Waals surface area (Å²) in [7, 11) is 0. The Morgan fingerprint density at radius 3 is 3.00 bits per heavy atom. The highest BCUT2D eigenvalue weighted by Gasteiger charge is 2.34. The topological polar surface area (TPSA) is 54.7 Å². The van der Waals surface area contributed by atoms with Crippen LogP contribution in [0.4, 0.5) is 0 Å². The Balaban J connectivity index is 2.25. The quantitative estimate of drug-likeness (QED) is 0.822. The van der Waals surface area contributed by atoms with Gasteiger partial charge in [0, 0.05) is 23.3 Å². The van der Waals surface area contributed by atoms with Crippen molar-refractivity contribution in [1.82, 2.24) is 9.97 Å². The molecule has 0 spiro atoms. The normalized spacial score (nSPS) is 26.1. The van der Waals surface area contributed by atoms with Crippen LogP contribution in [0.15, 0.2) is 0 Å². The van der Waals surface area contributed by atoms with Crippen LogP contribution in [0.3, 0.4) is 0 Å². The van der Waals surface area contributed by atoms with Gasteiger partial charge in [0.1, 0.15) is 5.82 Å². The zero-order chi connectivity index (χ0) is 10.9. The molecule has 1 atom stereocenters. The van der Waals surface area contributed by atoms with E-state index >= 15 is 0 Å². The molecule has 0 aliphatic carbocycles. The molecule has 1 aliphatic heterocycles. The summed E-state index contributed by atoms with van der Waals surface area (Å²) in [6.45, 7) is 5.07. The molecule has 3 nitrogen and oxygen atoms in total. The van der Waals surface area contributed by atoms with Crippen LogP contribution in [-0.2, 0) is 11.8 Å². The summed E-state index contributed by atoms with van der Waals surface area (Å²) in [6.07, 6.45) is 2.11. The summed E-state index contributed by atoms with van der Waals surface area (Å²) in [5.41, 5.74) is 8.15. The van der Waals surface area contributed by atoms with Crippen molar-refractivity contribution in [3.8, 4) is 0 Å². The number of hydrogen-bond donors (Lipinski definition) is 2. The molecule has 3 N–H and O–H groups in total. The number of aromatic nitrogens is 2. The Kier molecular flexibility index (Phi) is 3.07.